The molecular weight excluding hydrogens is 566 g/mol. The van der Waals surface area contributed by atoms with Crippen LogP contribution in [0.15, 0.2) is 30.3 Å². The van der Waals surface area contributed by atoms with Crippen LogP contribution in [0.1, 0.15) is 79.7 Å². The first-order chi connectivity index (χ1) is 20.6. The summed E-state index contributed by atoms with van der Waals surface area (Å²) in [6.07, 6.45) is 0.454. The molecule has 1 aliphatic heterocycles. The number of alkyl carbamates (subject to hydrolysis) is 1. The normalized spacial score (nSPS) is 16.6. The van der Waals surface area contributed by atoms with Gasteiger partial charge in [0.1, 0.15) is 30.8 Å². The van der Waals surface area contributed by atoms with Crippen molar-refractivity contribution in [2.75, 3.05) is 19.6 Å². The second-order valence-electron chi connectivity index (χ2n) is 13.2. The van der Waals surface area contributed by atoms with Gasteiger partial charge in [0.25, 0.3) is 0 Å². The number of amides is 5. The van der Waals surface area contributed by atoms with E-state index in [1.807, 2.05) is 58.0 Å². The number of benzene rings is 1. The van der Waals surface area contributed by atoms with Crippen LogP contribution in [-0.2, 0) is 30.5 Å². The number of hydrogen-bond acceptors (Lipinski definition) is 7. The summed E-state index contributed by atoms with van der Waals surface area (Å²) < 4.78 is 10.8. The number of hydrogen-bond donors (Lipinski definition) is 3. The summed E-state index contributed by atoms with van der Waals surface area (Å²) >= 11 is 0. The van der Waals surface area contributed by atoms with Crippen molar-refractivity contribution in [3.63, 3.8) is 0 Å². The third kappa shape index (κ3) is 12.8. The molecule has 0 saturated carbocycles. The summed E-state index contributed by atoms with van der Waals surface area (Å²) in [5.41, 5.74) is 5.53. The van der Waals surface area contributed by atoms with E-state index in [4.69, 9.17) is 15.2 Å². The van der Waals surface area contributed by atoms with Crippen molar-refractivity contribution in [1.82, 2.24) is 20.4 Å². The van der Waals surface area contributed by atoms with E-state index in [9.17, 15) is 24.0 Å². The SMILES string of the molecule is CC(C)C[C@H](NC(=O)OC(C)(C)C)C(=O)N[C@@H](CC(C)C)C(=O)N1CCC[C@@H](N(CC(N)=O)C(=O)OCc2ccccc2)C1. The first kappa shape index (κ1) is 36.4. The molecule has 4 N–H and O–H groups in total. The minimum Gasteiger partial charge on any atom is -0.445 e. The average molecular weight is 618 g/mol. The van der Waals surface area contributed by atoms with Crippen LogP contribution < -0.4 is 16.4 Å². The van der Waals surface area contributed by atoms with Gasteiger partial charge in [-0.3, -0.25) is 19.3 Å². The van der Waals surface area contributed by atoms with E-state index in [1.165, 1.54) is 4.90 Å². The maximum absolute atomic E-state index is 13.9. The summed E-state index contributed by atoms with van der Waals surface area (Å²) in [7, 11) is 0. The van der Waals surface area contributed by atoms with Crippen molar-refractivity contribution >= 4 is 29.9 Å². The number of likely N-dealkylation sites (tertiary alicyclic amines) is 1. The highest BCUT2D eigenvalue weighted by Gasteiger charge is 2.36. The zero-order valence-corrected chi connectivity index (χ0v) is 27.3. The Bertz CT molecular complexity index is 1120. The van der Waals surface area contributed by atoms with Crippen molar-refractivity contribution in [2.45, 2.75) is 104 Å². The minimum atomic E-state index is -0.896. The van der Waals surface area contributed by atoms with Crippen LogP contribution in [0.5, 0.6) is 0 Å². The number of carbonyl (C=O) groups excluding carboxylic acids is 5. The first-order valence-corrected chi connectivity index (χ1v) is 15.4. The molecular formula is C32H51N5O7. The third-order valence-corrected chi connectivity index (χ3v) is 6.95. The van der Waals surface area contributed by atoms with Gasteiger partial charge < -0.3 is 30.7 Å². The molecule has 0 unspecified atom stereocenters. The molecule has 0 bridgehead atoms. The van der Waals surface area contributed by atoms with Gasteiger partial charge in [-0.05, 0) is 63.9 Å². The van der Waals surface area contributed by atoms with Gasteiger partial charge >= 0.3 is 12.2 Å². The van der Waals surface area contributed by atoms with Crippen molar-refractivity contribution in [2.24, 2.45) is 17.6 Å². The number of piperidine rings is 1. The molecule has 246 valence electrons. The molecule has 0 aromatic heterocycles. The Labute approximate surface area is 261 Å². The van der Waals surface area contributed by atoms with E-state index in [1.54, 1.807) is 25.7 Å². The maximum atomic E-state index is 13.9. The Balaban J connectivity index is 2.18. The largest absolute Gasteiger partial charge is 0.445 e. The zero-order chi connectivity index (χ0) is 33.0. The van der Waals surface area contributed by atoms with E-state index in [0.717, 1.165) is 5.56 Å². The zero-order valence-electron chi connectivity index (χ0n) is 27.3. The predicted molar refractivity (Wildman–Crippen MR) is 166 cm³/mol. The van der Waals surface area contributed by atoms with Crippen LogP contribution in [0.2, 0.25) is 0 Å². The Hall–Kier alpha value is -3.83. The Kier molecular flexibility index (Phi) is 13.9. The van der Waals surface area contributed by atoms with Gasteiger partial charge in [0.05, 0.1) is 6.04 Å². The molecule has 0 aliphatic carbocycles. The topological polar surface area (TPSA) is 160 Å². The lowest BCUT2D eigenvalue weighted by molar-refractivity contribution is -0.139. The summed E-state index contributed by atoms with van der Waals surface area (Å²) in [5.74, 6) is -1.30. The molecule has 44 heavy (non-hydrogen) atoms. The van der Waals surface area contributed by atoms with Gasteiger partial charge in [-0.1, -0.05) is 58.0 Å². The predicted octanol–water partition coefficient (Wildman–Crippen LogP) is 3.57. The summed E-state index contributed by atoms with van der Waals surface area (Å²) in [6.45, 7) is 13.2. The molecule has 1 heterocycles. The highest BCUT2D eigenvalue weighted by molar-refractivity contribution is 5.91. The Morgan fingerprint density at radius 1 is 0.977 bits per heavy atom. The lowest BCUT2D eigenvalue weighted by Gasteiger charge is -2.40. The number of nitrogens with one attached hydrogen (secondary N) is 2. The lowest BCUT2D eigenvalue weighted by atomic mass is 9.98. The van der Waals surface area contributed by atoms with Crippen molar-refractivity contribution in [1.29, 1.82) is 0 Å². The first-order valence-electron chi connectivity index (χ1n) is 15.4. The summed E-state index contributed by atoms with van der Waals surface area (Å²) in [5, 5.41) is 5.54. The summed E-state index contributed by atoms with van der Waals surface area (Å²) in [4.78, 5) is 67.7. The van der Waals surface area contributed by atoms with Crippen molar-refractivity contribution in [3.8, 4) is 0 Å². The smallest absolute Gasteiger partial charge is 0.410 e. The van der Waals surface area contributed by atoms with Crippen LogP contribution in [0.3, 0.4) is 0 Å². The second-order valence-corrected chi connectivity index (χ2v) is 13.2. The molecule has 1 aliphatic rings. The second kappa shape index (κ2) is 16.9. The van der Waals surface area contributed by atoms with Gasteiger partial charge in [-0.15, -0.1) is 0 Å². The molecule has 1 saturated heterocycles. The lowest BCUT2D eigenvalue weighted by Crippen LogP contribution is -2.59. The van der Waals surface area contributed by atoms with Crippen LogP contribution in [0.25, 0.3) is 0 Å². The standard InChI is InChI=1S/C32H51N5O7/c1-21(2)16-25(35-30(41)44-32(5,6)7)28(39)34-26(17-22(3)4)29(40)36-15-11-14-24(18-36)37(19-27(33)38)31(42)43-20-23-12-9-8-10-13-23/h8-10,12-13,21-22,24-26H,11,14-20H2,1-7H3,(H2,33,38)(H,34,39)(H,35,41)/t24-,25+,26+/m1/s1. The average Bonchev–Trinajstić information content (AvgIpc) is 2.92. The number of rotatable bonds is 13. The van der Waals surface area contributed by atoms with Crippen LogP contribution in [-0.4, -0.2) is 83.1 Å². The van der Waals surface area contributed by atoms with E-state index in [2.05, 4.69) is 10.6 Å². The fourth-order valence-corrected chi connectivity index (χ4v) is 5.06. The molecule has 1 fully saturated rings. The number of carbonyl (C=O) groups is 5. The number of nitrogens with zero attached hydrogens (tertiary/aromatic N) is 2. The fraction of sp³-hybridized carbons (Fsp3) is 0.656. The van der Waals surface area contributed by atoms with Gasteiger partial charge in [0.2, 0.25) is 17.7 Å². The molecule has 1 aromatic rings. The van der Waals surface area contributed by atoms with Crippen molar-refractivity contribution < 1.29 is 33.4 Å². The van der Waals surface area contributed by atoms with Gasteiger partial charge in [0.15, 0.2) is 0 Å². The quantitative estimate of drug-likeness (QED) is 0.305. The number of nitrogens with two attached hydrogens (primary N) is 1. The molecule has 5 amide bonds. The Morgan fingerprint density at radius 3 is 2.16 bits per heavy atom. The molecule has 0 radical (unpaired) electrons. The highest BCUT2D eigenvalue weighted by Crippen LogP contribution is 2.20. The van der Waals surface area contributed by atoms with Gasteiger partial charge in [-0.2, -0.15) is 0 Å². The fourth-order valence-electron chi connectivity index (χ4n) is 5.06. The summed E-state index contributed by atoms with van der Waals surface area (Å²) in [6, 6.07) is 6.92. The van der Waals surface area contributed by atoms with Crippen LogP contribution >= 0.6 is 0 Å². The van der Waals surface area contributed by atoms with Crippen LogP contribution in [0, 0.1) is 11.8 Å². The molecule has 0 spiro atoms. The van der Waals surface area contributed by atoms with E-state index >= 15 is 0 Å². The number of primary amides is 1. The van der Waals surface area contributed by atoms with E-state index in [-0.39, 0.29) is 37.4 Å². The minimum absolute atomic E-state index is 0.0294. The molecule has 12 nitrogen and oxygen atoms in total. The van der Waals surface area contributed by atoms with Crippen LogP contribution in [0.4, 0.5) is 9.59 Å². The van der Waals surface area contributed by atoms with E-state index < -0.39 is 47.7 Å². The monoisotopic (exact) mass is 617 g/mol. The van der Waals surface area contributed by atoms with Gasteiger partial charge in [0, 0.05) is 13.1 Å². The highest BCUT2D eigenvalue weighted by atomic mass is 16.6. The molecule has 2 rings (SSSR count). The maximum Gasteiger partial charge on any atom is 0.410 e. The van der Waals surface area contributed by atoms with Gasteiger partial charge in [-0.25, -0.2) is 9.59 Å². The van der Waals surface area contributed by atoms with E-state index in [0.29, 0.717) is 32.2 Å². The molecule has 12 heteroatoms. The Morgan fingerprint density at radius 2 is 1.59 bits per heavy atom. The molecule has 1 aromatic carbocycles. The number of ether oxygens (including phenoxy) is 2. The third-order valence-electron chi connectivity index (χ3n) is 6.95. The van der Waals surface area contributed by atoms with Crippen molar-refractivity contribution in [3.05, 3.63) is 35.9 Å². The molecule has 3 atom stereocenters.